The first kappa shape index (κ1) is 22.7. The summed E-state index contributed by atoms with van der Waals surface area (Å²) in [6.45, 7) is 2.78. The largest absolute Gasteiger partial charge is 0.433 e. The van der Waals surface area contributed by atoms with E-state index in [2.05, 4.69) is 30.5 Å². The first-order chi connectivity index (χ1) is 15.9. The highest BCUT2D eigenvalue weighted by molar-refractivity contribution is 7.80. The van der Waals surface area contributed by atoms with E-state index in [-0.39, 0.29) is 16.9 Å². The molecule has 0 bridgehead atoms. The van der Waals surface area contributed by atoms with Crippen molar-refractivity contribution in [1.82, 2.24) is 20.3 Å². The molecule has 4 rings (SSSR count). The predicted octanol–water partition coefficient (Wildman–Crippen LogP) is 3.70. The minimum Gasteiger partial charge on any atom is -0.368 e. The molecule has 2 N–H and O–H groups in total. The zero-order valence-electron chi connectivity index (χ0n) is 17.6. The molecule has 1 fully saturated rings. The molecule has 0 atom stereocenters. The zero-order valence-corrected chi connectivity index (χ0v) is 18.4. The summed E-state index contributed by atoms with van der Waals surface area (Å²) < 4.78 is 40.5. The van der Waals surface area contributed by atoms with Gasteiger partial charge in [0.1, 0.15) is 5.82 Å². The molecule has 3 aromatic rings. The van der Waals surface area contributed by atoms with Gasteiger partial charge in [-0.1, -0.05) is 24.3 Å². The van der Waals surface area contributed by atoms with Crippen molar-refractivity contribution in [2.75, 3.05) is 41.3 Å². The van der Waals surface area contributed by atoms with Gasteiger partial charge >= 0.3 is 6.18 Å². The summed E-state index contributed by atoms with van der Waals surface area (Å²) in [5.41, 5.74) is 0.947. The van der Waals surface area contributed by atoms with Crippen molar-refractivity contribution < 1.29 is 13.2 Å². The molecular weight excluding hydrogens is 451 g/mol. The lowest BCUT2D eigenvalue weighted by Crippen LogP contribution is -2.47. The normalized spacial score (nSPS) is 14.2. The third-order valence-electron chi connectivity index (χ3n) is 5.13. The molecule has 7 nitrogen and oxygen atoms in total. The highest BCUT2D eigenvalue weighted by Gasteiger charge is 2.34. The summed E-state index contributed by atoms with van der Waals surface area (Å²) in [6, 6.07) is 14.5. The van der Waals surface area contributed by atoms with Gasteiger partial charge in [-0.05, 0) is 36.0 Å². The Labute approximate surface area is 194 Å². The Bertz CT molecular complexity index is 1070. The number of piperazine rings is 1. The Morgan fingerprint density at radius 1 is 0.970 bits per heavy atom. The van der Waals surface area contributed by atoms with E-state index in [0.717, 1.165) is 17.3 Å². The first-order valence-corrected chi connectivity index (χ1v) is 10.7. The molecule has 11 heteroatoms. The zero-order chi connectivity index (χ0) is 23.3. The van der Waals surface area contributed by atoms with Crippen molar-refractivity contribution in [1.29, 1.82) is 0 Å². The molecule has 0 spiro atoms. The number of nitrogens with one attached hydrogen (secondary N) is 2. The molecule has 0 unspecified atom stereocenters. The van der Waals surface area contributed by atoms with E-state index in [1.807, 2.05) is 41.3 Å². The number of hydrogen-bond acceptors (Lipinski definition) is 6. The Morgan fingerprint density at radius 2 is 1.70 bits per heavy atom. The molecule has 0 saturated carbocycles. The summed E-state index contributed by atoms with van der Waals surface area (Å²) in [6.07, 6.45) is -1.29. The number of aromatic nitrogens is 3. The molecule has 1 aliphatic rings. The molecule has 33 heavy (non-hydrogen) atoms. The van der Waals surface area contributed by atoms with E-state index in [1.165, 1.54) is 0 Å². The monoisotopic (exact) mass is 473 g/mol. The molecule has 1 aliphatic heterocycles. The van der Waals surface area contributed by atoms with Gasteiger partial charge in [0.2, 0.25) is 5.95 Å². The SMILES string of the molecule is FC(F)(F)c1cc(N2CCN(c3ccccc3)CC2)nc(NC(=S)NCc2cccnc2)n1. The second kappa shape index (κ2) is 9.99. The Balaban J connectivity index is 1.45. The summed E-state index contributed by atoms with van der Waals surface area (Å²) in [4.78, 5) is 16.0. The standard InChI is InChI=1S/C22H22F3N7S/c23-22(24,25)18-13-19(32-11-9-31(10-12-32)17-6-2-1-3-7-17)29-20(28-18)30-21(33)27-15-16-5-4-8-26-14-16/h1-8,13-14H,9-12,15H2,(H2,27,28,29,30,33). The lowest BCUT2D eigenvalue weighted by molar-refractivity contribution is -0.141. The summed E-state index contributed by atoms with van der Waals surface area (Å²) in [5, 5.41) is 5.73. The van der Waals surface area contributed by atoms with Crippen molar-refractivity contribution >= 4 is 34.8 Å². The number of benzene rings is 1. The lowest BCUT2D eigenvalue weighted by atomic mass is 10.2. The van der Waals surface area contributed by atoms with Gasteiger partial charge in [-0.3, -0.25) is 4.98 Å². The second-order valence-electron chi connectivity index (χ2n) is 7.41. The summed E-state index contributed by atoms with van der Waals surface area (Å²) in [7, 11) is 0. The number of pyridine rings is 1. The van der Waals surface area contributed by atoms with Gasteiger partial charge in [0.25, 0.3) is 0 Å². The van der Waals surface area contributed by atoms with Crippen LogP contribution >= 0.6 is 12.2 Å². The van der Waals surface area contributed by atoms with E-state index in [4.69, 9.17) is 12.2 Å². The van der Waals surface area contributed by atoms with E-state index < -0.39 is 11.9 Å². The van der Waals surface area contributed by atoms with Gasteiger partial charge in [0, 0.05) is 56.9 Å². The van der Waals surface area contributed by atoms with E-state index in [0.29, 0.717) is 32.7 Å². The summed E-state index contributed by atoms with van der Waals surface area (Å²) in [5.74, 6) is 0.0107. The van der Waals surface area contributed by atoms with Crippen LogP contribution in [0.15, 0.2) is 60.9 Å². The first-order valence-electron chi connectivity index (χ1n) is 10.3. The molecule has 1 aromatic carbocycles. The topological polar surface area (TPSA) is 69.2 Å². The quantitative estimate of drug-likeness (QED) is 0.544. The van der Waals surface area contributed by atoms with Gasteiger partial charge in [0.15, 0.2) is 10.8 Å². The molecule has 2 aromatic heterocycles. The van der Waals surface area contributed by atoms with Crippen molar-refractivity contribution in [3.8, 4) is 0 Å². The Morgan fingerprint density at radius 3 is 2.36 bits per heavy atom. The highest BCUT2D eigenvalue weighted by Crippen LogP contribution is 2.31. The molecule has 172 valence electrons. The fraction of sp³-hybridized carbons (Fsp3) is 0.273. The van der Waals surface area contributed by atoms with Crippen LogP contribution in [0.5, 0.6) is 0 Å². The van der Waals surface area contributed by atoms with Crippen LogP contribution in [0, 0.1) is 0 Å². The fourth-order valence-corrected chi connectivity index (χ4v) is 3.62. The van der Waals surface area contributed by atoms with Crippen LogP contribution in [0.3, 0.4) is 0 Å². The lowest BCUT2D eigenvalue weighted by Gasteiger charge is -2.37. The maximum atomic E-state index is 13.5. The highest BCUT2D eigenvalue weighted by atomic mass is 32.1. The summed E-state index contributed by atoms with van der Waals surface area (Å²) >= 11 is 5.22. The fourth-order valence-electron chi connectivity index (χ4n) is 3.46. The smallest absolute Gasteiger partial charge is 0.368 e. The van der Waals surface area contributed by atoms with Gasteiger partial charge in [-0.15, -0.1) is 0 Å². The number of para-hydroxylation sites is 1. The van der Waals surface area contributed by atoms with Gasteiger partial charge in [-0.25, -0.2) is 4.98 Å². The van der Waals surface area contributed by atoms with E-state index >= 15 is 0 Å². The minimum absolute atomic E-state index is 0.123. The molecule has 0 radical (unpaired) electrons. The van der Waals surface area contributed by atoms with Gasteiger partial charge in [-0.2, -0.15) is 18.2 Å². The van der Waals surface area contributed by atoms with Crippen molar-refractivity contribution in [3.05, 3.63) is 72.2 Å². The molecule has 1 saturated heterocycles. The molecule has 0 aliphatic carbocycles. The van der Waals surface area contributed by atoms with E-state index in [9.17, 15) is 13.2 Å². The van der Waals surface area contributed by atoms with Crippen LogP contribution in [0.1, 0.15) is 11.3 Å². The van der Waals surface area contributed by atoms with Crippen LogP contribution in [0.25, 0.3) is 0 Å². The minimum atomic E-state index is -4.61. The van der Waals surface area contributed by atoms with E-state index in [1.54, 1.807) is 18.5 Å². The van der Waals surface area contributed by atoms with Crippen molar-refractivity contribution in [2.24, 2.45) is 0 Å². The average molecular weight is 474 g/mol. The number of hydrogen-bond donors (Lipinski definition) is 2. The second-order valence-corrected chi connectivity index (χ2v) is 7.82. The average Bonchev–Trinajstić information content (AvgIpc) is 2.83. The molecule has 3 heterocycles. The number of alkyl halides is 3. The van der Waals surface area contributed by atoms with Crippen LogP contribution in [-0.2, 0) is 12.7 Å². The van der Waals surface area contributed by atoms with Gasteiger partial charge < -0.3 is 20.4 Å². The number of nitrogens with zero attached hydrogens (tertiary/aromatic N) is 5. The maximum Gasteiger partial charge on any atom is 0.433 e. The third-order valence-corrected chi connectivity index (χ3v) is 5.38. The van der Waals surface area contributed by atoms with Gasteiger partial charge in [0.05, 0.1) is 0 Å². The molecule has 0 amide bonds. The van der Waals surface area contributed by atoms with Crippen LogP contribution in [0.4, 0.5) is 30.6 Å². The number of anilines is 3. The number of halogens is 3. The van der Waals surface area contributed by atoms with Crippen molar-refractivity contribution in [2.45, 2.75) is 12.7 Å². The number of rotatable bonds is 5. The Hall–Kier alpha value is -3.47. The predicted molar refractivity (Wildman–Crippen MR) is 125 cm³/mol. The molecular formula is C22H22F3N7S. The maximum absolute atomic E-state index is 13.5. The number of thiocarbonyl (C=S) groups is 1. The van der Waals surface area contributed by atoms with Crippen LogP contribution < -0.4 is 20.4 Å². The van der Waals surface area contributed by atoms with Crippen LogP contribution in [-0.4, -0.2) is 46.2 Å². The third kappa shape index (κ3) is 6.07. The Kier molecular flexibility index (Phi) is 6.87. The van der Waals surface area contributed by atoms with Crippen molar-refractivity contribution in [3.63, 3.8) is 0 Å². The van der Waals surface area contributed by atoms with Crippen LogP contribution in [0.2, 0.25) is 0 Å².